The Morgan fingerprint density at radius 1 is 1.23 bits per heavy atom. The lowest BCUT2D eigenvalue weighted by atomic mass is 9.63. The molecular weight excluding hydrogens is 404 g/mol. The molecule has 1 aromatic carbocycles. The first-order valence-corrected chi connectivity index (χ1v) is 10.3. The summed E-state index contributed by atoms with van der Waals surface area (Å²) in [5, 5.41) is 26.5. The van der Waals surface area contributed by atoms with Gasteiger partial charge >= 0.3 is 5.97 Å². The maximum absolute atomic E-state index is 13.1. The topological polar surface area (TPSA) is 128 Å². The van der Waals surface area contributed by atoms with Crippen molar-refractivity contribution in [3.63, 3.8) is 0 Å². The summed E-state index contributed by atoms with van der Waals surface area (Å²) >= 11 is 0. The Balaban J connectivity index is 1.49. The number of rotatable bonds is 2. The number of hydrogen-bond acceptors (Lipinski definition) is 8. The maximum atomic E-state index is 13.1. The highest BCUT2D eigenvalue weighted by Crippen LogP contribution is 2.59. The van der Waals surface area contributed by atoms with Gasteiger partial charge < -0.3 is 14.7 Å². The molecule has 0 aromatic heterocycles. The molecule has 1 saturated carbocycles. The number of aliphatic hydroxyl groups is 1. The van der Waals surface area contributed by atoms with Gasteiger partial charge in [0.25, 0.3) is 5.69 Å². The lowest BCUT2D eigenvalue weighted by molar-refractivity contribution is -0.384. The third kappa shape index (κ3) is 2.38. The fourth-order valence-electron chi connectivity index (χ4n) is 5.73. The van der Waals surface area contributed by atoms with Crippen LogP contribution in [0.5, 0.6) is 0 Å². The highest BCUT2D eigenvalue weighted by molar-refractivity contribution is 6.06. The molecule has 1 saturated heterocycles. The van der Waals surface area contributed by atoms with Gasteiger partial charge in [-0.25, -0.2) is 4.79 Å². The molecular formula is C22H22N2O7. The average Bonchev–Trinajstić information content (AvgIpc) is 3.37. The third-order valence-electron chi connectivity index (χ3n) is 7.77. The molecule has 1 spiro atoms. The first-order chi connectivity index (χ1) is 14.6. The normalized spacial score (nSPS) is 40.7. The van der Waals surface area contributed by atoms with Crippen molar-refractivity contribution in [2.75, 3.05) is 0 Å². The highest BCUT2D eigenvalue weighted by atomic mass is 16.7. The van der Waals surface area contributed by atoms with Crippen molar-refractivity contribution >= 4 is 23.2 Å². The number of allylic oxidation sites excluding steroid dienone is 1. The SMILES string of the molecule is C[C@H]1CC[C@@H]2[C@@H](OC(=O)C23CC(c2ccc([N+](=O)[O-])cc2)=NO3)[C@]2(C)C(=O)C=C[C@@]12O. The van der Waals surface area contributed by atoms with E-state index >= 15 is 0 Å². The van der Waals surface area contributed by atoms with E-state index in [0.717, 1.165) is 0 Å². The van der Waals surface area contributed by atoms with Crippen LogP contribution in [0.3, 0.4) is 0 Å². The fourth-order valence-corrected chi connectivity index (χ4v) is 5.73. The molecule has 31 heavy (non-hydrogen) atoms. The fraction of sp³-hybridized carbons (Fsp3) is 0.500. The van der Waals surface area contributed by atoms with E-state index in [-0.39, 0.29) is 23.8 Å². The van der Waals surface area contributed by atoms with Crippen LogP contribution in [0.1, 0.15) is 38.7 Å². The molecule has 1 aromatic rings. The summed E-state index contributed by atoms with van der Waals surface area (Å²) in [6.45, 7) is 3.55. The Morgan fingerprint density at radius 3 is 2.61 bits per heavy atom. The monoisotopic (exact) mass is 426 g/mol. The average molecular weight is 426 g/mol. The number of ether oxygens (including phenoxy) is 1. The number of non-ortho nitro benzene ring substituents is 1. The lowest BCUT2D eigenvalue weighted by Gasteiger charge is -2.43. The van der Waals surface area contributed by atoms with Gasteiger partial charge in [-0.2, -0.15) is 0 Å². The molecule has 2 heterocycles. The van der Waals surface area contributed by atoms with Crippen LogP contribution in [-0.2, 0) is 19.2 Å². The zero-order valence-electron chi connectivity index (χ0n) is 17.1. The standard InChI is InChI=1S/C22H22N2O7/c1-12-3-8-15-18(20(2)17(25)9-10-22(12,20)27)30-19(26)21(15)11-16(23-31-21)13-4-6-14(7-5-13)24(28)29/h4-7,9-10,12,15,18,27H,3,8,11H2,1-2H3/t12-,15+,18+,20-,21?,22+/m0/s1. The molecule has 9 heteroatoms. The molecule has 0 amide bonds. The molecule has 6 atom stereocenters. The van der Waals surface area contributed by atoms with Gasteiger partial charge in [-0.15, -0.1) is 0 Å². The number of benzene rings is 1. The number of oxime groups is 1. The van der Waals surface area contributed by atoms with Gasteiger partial charge in [0, 0.05) is 18.6 Å². The van der Waals surface area contributed by atoms with E-state index in [1.165, 1.54) is 24.3 Å². The summed E-state index contributed by atoms with van der Waals surface area (Å²) in [5.41, 5.74) is -3.03. The van der Waals surface area contributed by atoms with E-state index < -0.39 is 39.5 Å². The van der Waals surface area contributed by atoms with Crippen molar-refractivity contribution in [2.24, 2.45) is 22.4 Å². The smallest absolute Gasteiger partial charge is 0.354 e. The van der Waals surface area contributed by atoms with Crippen LogP contribution in [-0.4, -0.2) is 44.8 Å². The molecule has 5 rings (SSSR count). The van der Waals surface area contributed by atoms with Crippen LogP contribution in [0.4, 0.5) is 5.69 Å². The van der Waals surface area contributed by atoms with E-state index in [1.54, 1.807) is 19.1 Å². The number of ketones is 1. The number of nitro benzene ring substituents is 1. The van der Waals surface area contributed by atoms with Crippen molar-refractivity contribution in [2.45, 2.75) is 50.4 Å². The number of fused-ring (bicyclic) bond motifs is 4. The van der Waals surface area contributed by atoms with E-state index in [2.05, 4.69) is 5.16 Å². The van der Waals surface area contributed by atoms with Crippen molar-refractivity contribution < 1.29 is 29.2 Å². The summed E-state index contributed by atoms with van der Waals surface area (Å²) in [7, 11) is 0. The highest BCUT2D eigenvalue weighted by Gasteiger charge is 2.73. The molecule has 2 fully saturated rings. The molecule has 1 N–H and O–H groups in total. The van der Waals surface area contributed by atoms with Gasteiger partial charge in [0.15, 0.2) is 5.78 Å². The second-order valence-electron chi connectivity index (χ2n) is 9.14. The molecule has 2 aliphatic heterocycles. The second kappa shape index (κ2) is 6.23. The number of carbonyl (C=O) groups is 2. The predicted octanol–water partition coefficient (Wildman–Crippen LogP) is 2.31. The predicted molar refractivity (Wildman–Crippen MR) is 107 cm³/mol. The zero-order valence-corrected chi connectivity index (χ0v) is 17.1. The summed E-state index contributed by atoms with van der Waals surface area (Å²) in [6.07, 6.45) is 3.32. The first-order valence-electron chi connectivity index (χ1n) is 10.3. The lowest BCUT2D eigenvalue weighted by Crippen LogP contribution is -2.57. The second-order valence-corrected chi connectivity index (χ2v) is 9.14. The summed E-state index contributed by atoms with van der Waals surface area (Å²) in [4.78, 5) is 42.2. The van der Waals surface area contributed by atoms with Gasteiger partial charge in [0.1, 0.15) is 17.1 Å². The number of nitro groups is 1. The minimum Gasteiger partial charge on any atom is -0.458 e. The Morgan fingerprint density at radius 2 is 1.94 bits per heavy atom. The summed E-state index contributed by atoms with van der Waals surface area (Å²) < 4.78 is 5.77. The molecule has 4 aliphatic rings. The minimum absolute atomic E-state index is 0.0458. The third-order valence-corrected chi connectivity index (χ3v) is 7.77. The Hall–Kier alpha value is -3.07. The molecule has 0 radical (unpaired) electrons. The van der Waals surface area contributed by atoms with Gasteiger partial charge in [0.2, 0.25) is 5.60 Å². The first kappa shape index (κ1) is 19.9. The Labute approximate surface area is 177 Å². The van der Waals surface area contributed by atoms with Crippen molar-refractivity contribution in [1.82, 2.24) is 0 Å². The quantitative estimate of drug-likeness (QED) is 0.436. The van der Waals surface area contributed by atoms with E-state index in [9.17, 15) is 24.8 Å². The summed E-state index contributed by atoms with van der Waals surface area (Å²) in [6, 6.07) is 5.87. The number of nitrogens with zero attached hydrogens (tertiary/aromatic N) is 2. The van der Waals surface area contributed by atoms with Gasteiger partial charge in [-0.05, 0) is 55.5 Å². The Kier molecular flexibility index (Phi) is 3.99. The van der Waals surface area contributed by atoms with Crippen LogP contribution in [0, 0.1) is 27.4 Å². The van der Waals surface area contributed by atoms with Crippen LogP contribution >= 0.6 is 0 Å². The van der Waals surface area contributed by atoms with Gasteiger partial charge in [0.05, 0.1) is 16.6 Å². The van der Waals surface area contributed by atoms with Crippen LogP contribution in [0.15, 0.2) is 41.6 Å². The van der Waals surface area contributed by atoms with Gasteiger partial charge in [-0.3, -0.25) is 14.9 Å². The van der Waals surface area contributed by atoms with Gasteiger partial charge in [-0.1, -0.05) is 12.1 Å². The van der Waals surface area contributed by atoms with Crippen LogP contribution in [0.25, 0.3) is 0 Å². The van der Waals surface area contributed by atoms with Crippen LogP contribution < -0.4 is 0 Å². The molecule has 9 nitrogen and oxygen atoms in total. The van der Waals surface area contributed by atoms with Crippen molar-refractivity contribution in [1.29, 1.82) is 0 Å². The number of carbonyl (C=O) groups excluding carboxylic acids is 2. The van der Waals surface area contributed by atoms with Crippen molar-refractivity contribution in [3.05, 3.63) is 52.1 Å². The van der Waals surface area contributed by atoms with E-state index in [1.807, 2.05) is 6.92 Å². The number of hydrogen-bond donors (Lipinski definition) is 1. The Bertz CT molecular complexity index is 1060. The zero-order chi connectivity index (χ0) is 22.2. The summed E-state index contributed by atoms with van der Waals surface area (Å²) in [5.74, 6) is -1.54. The molecule has 1 unspecified atom stereocenters. The van der Waals surface area contributed by atoms with Crippen molar-refractivity contribution in [3.8, 4) is 0 Å². The maximum Gasteiger partial charge on any atom is 0.354 e. The molecule has 2 aliphatic carbocycles. The van der Waals surface area contributed by atoms with Crippen LogP contribution in [0.2, 0.25) is 0 Å². The minimum atomic E-state index is -1.41. The van der Waals surface area contributed by atoms with E-state index in [4.69, 9.17) is 9.57 Å². The largest absolute Gasteiger partial charge is 0.458 e. The molecule has 162 valence electrons. The van der Waals surface area contributed by atoms with E-state index in [0.29, 0.717) is 24.1 Å². The molecule has 0 bridgehead atoms. The number of esters is 1.